The molecular weight excluding hydrogens is 435 g/mol. The van der Waals surface area contributed by atoms with E-state index < -0.39 is 12.3 Å². The van der Waals surface area contributed by atoms with Gasteiger partial charge in [0.15, 0.2) is 6.10 Å². The first-order valence-electron chi connectivity index (χ1n) is 9.81. The number of methoxy groups -OCH3 is 2. The average Bonchev–Trinajstić information content (AvgIpc) is 3.21. The zero-order chi connectivity index (χ0) is 22.7. The molecule has 0 N–H and O–H groups in total. The Morgan fingerprint density at radius 1 is 0.875 bits per heavy atom. The van der Waals surface area contributed by atoms with E-state index in [0.29, 0.717) is 11.1 Å². The number of rotatable bonds is 6. The summed E-state index contributed by atoms with van der Waals surface area (Å²) in [4.78, 5) is 4.91. The van der Waals surface area contributed by atoms with Gasteiger partial charge in [0, 0.05) is 33.9 Å². The van der Waals surface area contributed by atoms with E-state index in [-0.39, 0.29) is 11.3 Å². The number of alkyl halides is 3. The minimum atomic E-state index is -4.58. The lowest BCUT2D eigenvalue weighted by molar-refractivity contribution is -0.216. The smallest absolute Gasteiger partial charge is 0.418 e. The average molecular weight is 456 g/mol. The number of hydrogen-bond acceptors (Lipinski definition) is 4. The number of fused-ring (bicyclic) bond motifs is 1. The molecule has 1 heterocycles. The molecule has 32 heavy (non-hydrogen) atoms. The normalized spacial score (nSPS) is 12.5. The molecule has 4 aromatic rings. The fourth-order valence-corrected chi connectivity index (χ4v) is 4.52. The van der Waals surface area contributed by atoms with Gasteiger partial charge in [0.1, 0.15) is 5.75 Å². The molecule has 1 aromatic heterocycles. The first-order chi connectivity index (χ1) is 15.4. The molecule has 0 saturated heterocycles. The SMILES string of the molecule is COc1c(C(OC)C(F)(F)F)ccc2scc(N=C(c3ccccc3)c3ccccc3)c12. The van der Waals surface area contributed by atoms with Crippen LogP contribution in [-0.2, 0) is 4.74 Å². The number of halogens is 3. The van der Waals surface area contributed by atoms with Gasteiger partial charge in [-0.05, 0) is 6.07 Å². The summed E-state index contributed by atoms with van der Waals surface area (Å²) >= 11 is 1.40. The fourth-order valence-electron chi connectivity index (χ4n) is 3.65. The van der Waals surface area contributed by atoms with Gasteiger partial charge in [-0.25, -0.2) is 4.99 Å². The third-order valence-electron chi connectivity index (χ3n) is 5.05. The molecule has 3 nitrogen and oxygen atoms in total. The van der Waals surface area contributed by atoms with Crippen molar-refractivity contribution in [2.45, 2.75) is 12.3 Å². The predicted octanol–water partition coefficient (Wildman–Crippen LogP) is 7.33. The quantitative estimate of drug-likeness (QED) is 0.285. The second-order valence-corrected chi connectivity index (χ2v) is 7.94. The van der Waals surface area contributed by atoms with E-state index in [1.54, 1.807) is 6.07 Å². The van der Waals surface area contributed by atoms with Crippen molar-refractivity contribution in [2.24, 2.45) is 4.99 Å². The number of hydrogen-bond donors (Lipinski definition) is 0. The first kappa shape index (κ1) is 22.0. The minimum absolute atomic E-state index is 0.0779. The molecule has 0 saturated carbocycles. The van der Waals surface area contributed by atoms with E-state index in [2.05, 4.69) is 0 Å². The van der Waals surface area contributed by atoms with E-state index in [1.807, 2.05) is 66.0 Å². The molecular formula is C25H20F3NO2S. The molecule has 0 aliphatic rings. The summed E-state index contributed by atoms with van der Waals surface area (Å²) in [5, 5.41) is 2.36. The maximum atomic E-state index is 13.6. The number of thiophene rings is 1. The summed E-state index contributed by atoms with van der Waals surface area (Å²) in [5.74, 6) is 0.118. The van der Waals surface area contributed by atoms with E-state index in [4.69, 9.17) is 14.5 Å². The van der Waals surface area contributed by atoms with Gasteiger partial charge in [-0.15, -0.1) is 11.3 Å². The molecule has 0 radical (unpaired) electrons. The van der Waals surface area contributed by atoms with Crippen LogP contribution in [0, 0.1) is 0 Å². The van der Waals surface area contributed by atoms with Crippen LogP contribution in [-0.4, -0.2) is 26.1 Å². The van der Waals surface area contributed by atoms with Crippen LogP contribution in [0.15, 0.2) is 83.2 Å². The Kier molecular flexibility index (Phi) is 6.30. The topological polar surface area (TPSA) is 30.8 Å². The first-order valence-corrected chi connectivity index (χ1v) is 10.7. The minimum Gasteiger partial charge on any atom is -0.496 e. The highest BCUT2D eigenvalue weighted by atomic mass is 32.1. The van der Waals surface area contributed by atoms with Crippen LogP contribution in [0.3, 0.4) is 0 Å². The molecule has 1 unspecified atom stereocenters. The zero-order valence-corrected chi connectivity index (χ0v) is 18.2. The Bertz CT molecular complexity index is 1190. The van der Waals surface area contributed by atoms with Gasteiger partial charge in [-0.3, -0.25) is 0 Å². The lowest BCUT2D eigenvalue weighted by Gasteiger charge is -2.21. The van der Waals surface area contributed by atoms with Crippen LogP contribution >= 0.6 is 11.3 Å². The van der Waals surface area contributed by atoms with Crippen molar-refractivity contribution in [3.63, 3.8) is 0 Å². The van der Waals surface area contributed by atoms with Crippen LogP contribution in [0.4, 0.5) is 18.9 Å². The van der Waals surface area contributed by atoms with Crippen molar-refractivity contribution in [3.8, 4) is 5.75 Å². The summed E-state index contributed by atoms with van der Waals surface area (Å²) in [6.07, 6.45) is -6.67. The Labute approximate surface area is 187 Å². The molecule has 0 fully saturated rings. The molecule has 0 spiro atoms. The Balaban J connectivity index is 1.96. The Hall–Kier alpha value is -3.16. The van der Waals surface area contributed by atoms with Gasteiger partial charge in [-0.1, -0.05) is 66.7 Å². The molecule has 0 amide bonds. The van der Waals surface area contributed by atoms with Gasteiger partial charge in [0.2, 0.25) is 0 Å². The molecule has 3 aromatic carbocycles. The lowest BCUT2D eigenvalue weighted by atomic mass is 10.0. The largest absolute Gasteiger partial charge is 0.496 e. The number of ether oxygens (including phenoxy) is 2. The van der Waals surface area contributed by atoms with Gasteiger partial charge in [0.25, 0.3) is 0 Å². The molecule has 4 rings (SSSR count). The molecule has 1 atom stereocenters. The van der Waals surface area contributed by atoms with E-state index in [0.717, 1.165) is 28.6 Å². The van der Waals surface area contributed by atoms with Crippen LogP contribution in [0.2, 0.25) is 0 Å². The van der Waals surface area contributed by atoms with Gasteiger partial charge >= 0.3 is 6.18 Å². The zero-order valence-electron chi connectivity index (χ0n) is 17.4. The maximum absolute atomic E-state index is 13.6. The maximum Gasteiger partial charge on any atom is 0.418 e. The second kappa shape index (κ2) is 9.14. The third-order valence-corrected chi connectivity index (χ3v) is 5.99. The third kappa shape index (κ3) is 4.26. The molecule has 0 aliphatic heterocycles. The van der Waals surface area contributed by atoms with Crippen molar-refractivity contribution >= 4 is 32.8 Å². The van der Waals surface area contributed by atoms with Crippen molar-refractivity contribution in [1.29, 1.82) is 0 Å². The highest BCUT2D eigenvalue weighted by Crippen LogP contribution is 2.47. The lowest BCUT2D eigenvalue weighted by Crippen LogP contribution is -2.23. The van der Waals surface area contributed by atoms with Crippen molar-refractivity contribution in [2.75, 3.05) is 14.2 Å². The highest BCUT2D eigenvalue weighted by molar-refractivity contribution is 7.17. The van der Waals surface area contributed by atoms with E-state index in [9.17, 15) is 13.2 Å². The van der Waals surface area contributed by atoms with Crippen molar-refractivity contribution < 1.29 is 22.6 Å². The summed E-state index contributed by atoms with van der Waals surface area (Å²) in [7, 11) is 2.40. The predicted molar refractivity (Wildman–Crippen MR) is 122 cm³/mol. The van der Waals surface area contributed by atoms with Crippen LogP contribution in [0.25, 0.3) is 10.1 Å². The molecule has 0 bridgehead atoms. The standard InChI is InChI=1S/C25H20F3NO2S/c1-30-23-18(24(31-2)25(26,27)28)13-14-20-21(23)19(15-32-20)29-22(16-9-5-3-6-10-16)17-11-7-4-8-12-17/h3-15,24H,1-2H3. The number of benzene rings is 3. The van der Waals surface area contributed by atoms with Crippen LogP contribution in [0.1, 0.15) is 22.8 Å². The fraction of sp³-hybridized carbons (Fsp3) is 0.160. The van der Waals surface area contributed by atoms with Crippen molar-refractivity contribution in [3.05, 3.63) is 94.9 Å². The summed E-state index contributed by atoms with van der Waals surface area (Å²) in [5.41, 5.74) is 2.99. The van der Waals surface area contributed by atoms with Gasteiger partial charge in [0.05, 0.1) is 23.9 Å². The highest BCUT2D eigenvalue weighted by Gasteiger charge is 2.43. The Morgan fingerprint density at radius 3 is 1.97 bits per heavy atom. The molecule has 0 aliphatic carbocycles. The van der Waals surface area contributed by atoms with E-state index >= 15 is 0 Å². The monoisotopic (exact) mass is 455 g/mol. The van der Waals surface area contributed by atoms with E-state index in [1.165, 1.54) is 24.5 Å². The van der Waals surface area contributed by atoms with Gasteiger partial charge in [-0.2, -0.15) is 13.2 Å². The summed E-state index contributed by atoms with van der Waals surface area (Å²) < 4.78 is 51.8. The van der Waals surface area contributed by atoms with Gasteiger partial charge < -0.3 is 9.47 Å². The summed E-state index contributed by atoms with van der Waals surface area (Å²) in [6, 6.07) is 22.4. The number of nitrogens with zero attached hydrogens (tertiary/aromatic N) is 1. The summed E-state index contributed by atoms with van der Waals surface area (Å²) in [6.45, 7) is 0. The van der Waals surface area contributed by atoms with Crippen LogP contribution in [0.5, 0.6) is 5.75 Å². The Morgan fingerprint density at radius 2 is 1.47 bits per heavy atom. The second-order valence-electron chi connectivity index (χ2n) is 7.03. The molecule has 164 valence electrons. The van der Waals surface area contributed by atoms with Crippen LogP contribution < -0.4 is 4.74 Å². The number of aliphatic imine (C=N–C) groups is 1. The molecule has 7 heteroatoms. The van der Waals surface area contributed by atoms with Crippen molar-refractivity contribution in [1.82, 2.24) is 0 Å².